The van der Waals surface area contributed by atoms with Gasteiger partial charge in [0.1, 0.15) is 11.5 Å². The van der Waals surface area contributed by atoms with Gasteiger partial charge in [-0.3, -0.25) is 9.89 Å². The maximum Gasteiger partial charge on any atom is 0.191 e. The van der Waals surface area contributed by atoms with Crippen LogP contribution < -0.4 is 10.6 Å². The number of furan rings is 1. The van der Waals surface area contributed by atoms with Crippen molar-refractivity contribution in [2.45, 2.75) is 39.7 Å². The van der Waals surface area contributed by atoms with E-state index in [2.05, 4.69) is 40.4 Å². The Morgan fingerprint density at radius 2 is 1.84 bits per heavy atom. The van der Waals surface area contributed by atoms with Gasteiger partial charge < -0.3 is 19.8 Å². The molecular formula is C19H34N4O2. The smallest absolute Gasteiger partial charge is 0.191 e. The van der Waals surface area contributed by atoms with Crippen molar-refractivity contribution in [1.82, 2.24) is 15.5 Å². The SMILES string of the molecule is CCC(CC)CNC(=NC)NCC(c1ccc(C)o1)N1CCOCC1. The Morgan fingerprint density at radius 3 is 2.40 bits per heavy atom. The summed E-state index contributed by atoms with van der Waals surface area (Å²) in [6.45, 7) is 11.6. The van der Waals surface area contributed by atoms with Crippen LogP contribution in [-0.4, -0.2) is 57.3 Å². The zero-order valence-electron chi connectivity index (χ0n) is 16.2. The van der Waals surface area contributed by atoms with E-state index in [1.807, 2.05) is 20.0 Å². The van der Waals surface area contributed by atoms with Crippen molar-refractivity contribution in [3.05, 3.63) is 23.7 Å². The van der Waals surface area contributed by atoms with Crippen LogP contribution in [-0.2, 0) is 4.74 Å². The molecule has 2 N–H and O–H groups in total. The quantitative estimate of drug-likeness (QED) is 0.557. The van der Waals surface area contributed by atoms with Crippen LogP contribution in [0, 0.1) is 12.8 Å². The molecule has 2 heterocycles. The second kappa shape index (κ2) is 10.5. The number of guanidine groups is 1. The summed E-state index contributed by atoms with van der Waals surface area (Å²) in [4.78, 5) is 6.78. The molecule has 1 aliphatic heterocycles. The Kier molecular flexibility index (Phi) is 8.28. The number of rotatable bonds is 8. The summed E-state index contributed by atoms with van der Waals surface area (Å²) < 4.78 is 11.4. The molecule has 6 nitrogen and oxygen atoms in total. The Labute approximate surface area is 152 Å². The first kappa shape index (κ1) is 19.8. The molecule has 1 aromatic heterocycles. The summed E-state index contributed by atoms with van der Waals surface area (Å²) in [7, 11) is 1.82. The summed E-state index contributed by atoms with van der Waals surface area (Å²) in [6.07, 6.45) is 2.37. The van der Waals surface area contributed by atoms with Gasteiger partial charge >= 0.3 is 0 Å². The van der Waals surface area contributed by atoms with Crippen molar-refractivity contribution >= 4 is 5.96 Å². The third-order valence-corrected chi connectivity index (χ3v) is 4.98. The number of aliphatic imine (C=N–C) groups is 1. The van der Waals surface area contributed by atoms with Gasteiger partial charge in [0.15, 0.2) is 5.96 Å². The molecule has 0 aromatic carbocycles. The Morgan fingerprint density at radius 1 is 1.16 bits per heavy atom. The predicted octanol–water partition coefficient (Wildman–Crippen LogP) is 2.56. The first-order valence-corrected chi connectivity index (χ1v) is 9.50. The molecule has 1 aliphatic rings. The van der Waals surface area contributed by atoms with Crippen LogP contribution in [0.5, 0.6) is 0 Å². The van der Waals surface area contributed by atoms with Crippen molar-refractivity contribution in [2.75, 3.05) is 46.4 Å². The van der Waals surface area contributed by atoms with E-state index in [9.17, 15) is 0 Å². The lowest BCUT2D eigenvalue weighted by atomic mass is 10.0. The van der Waals surface area contributed by atoms with Gasteiger partial charge in [-0.15, -0.1) is 0 Å². The second-order valence-corrected chi connectivity index (χ2v) is 6.63. The topological polar surface area (TPSA) is 62.0 Å². The molecule has 25 heavy (non-hydrogen) atoms. The van der Waals surface area contributed by atoms with Crippen molar-refractivity contribution < 1.29 is 9.15 Å². The van der Waals surface area contributed by atoms with Gasteiger partial charge in [-0.05, 0) is 25.0 Å². The van der Waals surface area contributed by atoms with Gasteiger partial charge in [0, 0.05) is 33.2 Å². The van der Waals surface area contributed by atoms with Crippen LogP contribution in [0.4, 0.5) is 0 Å². The van der Waals surface area contributed by atoms with E-state index in [-0.39, 0.29) is 6.04 Å². The first-order chi connectivity index (χ1) is 12.2. The van der Waals surface area contributed by atoms with Gasteiger partial charge in [0.2, 0.25) is 0 Å². The molecule has 0 amide bonds. The molecule has 0 aliphatic carbocycles. The van der Waals surface area contributed by atoms with Crippen LogP contribution in [0.2, 0.25) is 0 Å². The molecule has 1 aromatic rings. The number of morpholine rings is 1. The Balaban J connectivity index is 1.95. The summed E-state index contributed by atoms with van der Waals surface area (Å²) >= 11 is 0. The highest BCUT2D eigenvalue weighted by Crippen LogP contribution is 2.23. The average molecular weight is 351 g/mol. The van der Waals surface area contributed by atoms with Gasteiger partial charge in [-0.1, -0.05) is 26.7 Å². The van der Waals surface area contributed by atoms with E-state index >= 15 is 0 Å². The van der Waals surface area contributed by atoms with E-state index in [1.54, 1.807) is 0 Å². The highest BCUT2D eigenvalue weighted by Gasteiger charge is 2.25. The average Bonchev–Trinajstić information content (AvgIpc) is 3.08. The van der Waals surface area contributed by atoms with Crippen LogP contribution >= 0.6 is 0 Å². The molecule has 1 fully saturated rings. The van der Waals surface area contributed by atoms with Crippen molar-refractivity contribution in [3.8, 4) is 0 Å². The van der Waals surface area contributed by atoms with Gasteiger partial charge in [-0.2, -0.15) is 0 Å². The normalized spacial score (nSPS) is 17.7. The Hall–Kier alpha value is -1.53. The van der Waals surface area contributed by atoms with Crippen molar-refractivity contribution in [3.63, 3.8) is 0 Å². The lowest BCUT2D eigenvalue weighted by Gasteiger charge is -2.33. The molecule has 0 saturated carbocycles. The van der Waals surface area contributed by atoms with Crippen LogP contribution in [0.3, 0.4) is 0 Å². The fourth-order valence-electron chi connectivity index (χ4n) is 3.16. The third kappa shape index (κ3) is 6.04. The van der Waals surface area contributed by atoms with E-state index in [1.165, 1.54) is 12.8 Å². The summed E-state index contributed by atoms with van der Waals surface area (Å²) in [5.41, 5.74) is 0. The van der Waals surface area contributed by atoms with E-state index in [4.69, 9.17) is 9.15 Å². The zero-order valence-corrected chi connectivity index (χ0v) is 16.2. The minimum Gasteiger partial charge on any atom is -0.465 e. The van der Waals surface area contributed by atoms with E-state index in [0.717, 1.165) is 56.9 Å². The zero-order chi connectivity index (χ0) is 18.1. The minimum absolute atomic E-state index is 0.185. The number of ether oxygens (including phenoxy) is 1. The van der Waals surface area contributed by atoms with E-state index in [0.29, 0.717) is 5.92 Å². The number of aryl methyl sites for hydroxylation is 1. The fraction of sp³-hybridized carbons (Fsp3) is 0.737. The molecule has 2 rings (SSSR count). The van der Waals surface area contributed by atoms with Gasteiger partial charge in [-0.25, -0.2) is 0 Å². The molecule has 0 spiro atoms. The third-order valence-electron chi connectivity index (χ3n) is 4.98. The van der Waals surface area contributed by atoms with Crippen LogP contribution in [0.1, 0.15) is 44.3 Å². The molecule has 142 valence electrons. The largest absolute Gasteiger partial charge is 0.465 e. The van der Waals surface area contributed by atoms with Crippen molar-refractivity contribution in [2.24, 2.45) is 10.9 Å². The highest BCUT2D eigenvalue weighted by molar-refractivity contribution is 5.79. The number of nitrogens with zero attached hydrogens (tertiary/aromatic N) is 2. The second-order valence-electron chi connectivity index (χ2n) is 6.63. The number of nitrogens with one attached hydrogen (secondary N) is 2. The molecule has 0 radical (unpaired) electrons. The fourth-order valence-corrected chi connectivity index (χ4v) is 3.16. The monoisotopic (exact) mass is 350 g/mol. The maximum absolute atomic E-state index is 5.92. The summed E-state index contributed by atoms with van der Waals surface area (Å²) in [5.74, 6) is 3.49. The maximum atomic E-state index is 5.92. The molecule has 6 heteroatoms. The molecule has 1 unspecified atom stereocenters. The lowest BCUT2D eigenvalue weighted by molar-refractivity contribution is 0.0124. The molecule has 1 saturated heterocycles. The number of hydrogen-bond acceptors (Lipinski definition) is 4. The highest BCUT2D eigenvalue weighted by atomic mass is 16.5. The number of hydrogen-bond donors (Lipinski definition) is 2. The van der Waals surface area contributed by atoms with Gasteiger partial charge in [0.25, 0.3) is 0 Å². The standard InChI is InChI=1S/C19H34N4O2/c1-5-16(6-2)13-21-19(20-4)22-14-17(18-8-7-15(3)25-18)23-9-11-24-12-10-23/h7-8,16-17H,5-6,9-14H2,1-4H3,(H2,20,21,22). The molecule has 0 bridgehead atoms. The molecular weight excluding hydrogens is 316 g/mol. The minimum atomic E-state index is 0.185. The van der Waals surface area contributed by atoms with Crippen LogP contribution in [0.25, 0.3) is 0 Å². The summed E-state index contributed by atoms with van der Waals surface area (Å²) in [5, 5.41) is 6.93. The van der Waals surface area contributed by atoms with Gasteiger partial charge in [0.05, 0.1) is 19.3 Å². The lowest BCUT2D eigenvalue weighted by Crippen LogP contribution is -2.46. The van der Waals surface area contributed by atoms with Crippen LogP contribution in [0.15, 0.2) is 21.5 Å². The van der Waals surface area contributed by atoms with Crippen molar-refractivity contribution in [1.29, 1.82) is 0 Å². The molecule has 1 atom stereocenters. The first-order valence-electron chi connectivity index (χ1n) is 9.50. The van der Waals surface area contributed by atoms with E-state index < -0.39 is 0 Å². The predicted molar refractivity (Wildman–Crippen MR) is 102 cm³/mol. The Bertz CT molecular complexity index is 519. The summed E-state index contributed by atoms with van der Waals surface area (Å²) in [6, 6.07) is 4.30.